The minimum absolute atomic E-state index is 0.261. The van der Waals surface area contributed by atoms with Gasteiger partial charge in [-0.2, -0.15) is 0 Å². The summed E-state index contributed by atoms with van der Waals surface area (Å²) in [5, 5.41) is 3.18. The Hall–Kier alpha value is -3.49. The molecule has 0 unspecified atom stereocenters. The van der Waals surface area contributed by atoms with Gasteiger partial charge in [-0.25, -0.2) is 4.79 Å². The Labute approximate surface area is 257 Å². The van der Waals surface area contributed by atoms with E-state index in [0.29, 0.717) is 27.2 Å². The Morgan fingerprint density at radius 1 is 0.929 bits per heavy atom. The van der Waals surface area contributed by atoms with Crippen molar-refractivity contribution in [1.82, 2.24) is 4.90 Å². The van der Waals surface area contributed by atoms with Gasteiger partial charge >= 0.3 is 5.97 Å². The second-order valence-electron chi connectivity index (χ2n) is 11.2. The van der Waals surface area contributed by atoms with Crippen LogP contribution in [0.4, 0.5) is 5.69 Å². The average Bonchev–Trinajstić information content (AvgIpc) is 3.26. The van der Waals surface area contributed by atoms with Crippen LogP contribution in [0.15, 0.2) is 65.1 Å². The van der Waals surface area contributed by atoms with Crippen LogP contribution in [0.1, 0.15) is 65.8 Å². The molecule has 3 atom stereocenters. The summed E-state index contributed by atoms with van der Waals surface area (Å²) in [7, 11) is 0. The number of benzene rings is 3. The quantitative estimate of drug-likeness (QED) is 0.227. The molecule has 9 heteroatoms. The fourth-order valence-electron chi connectivity index (χ4n) is 6.96. The summed E-state index contributed by atoms with van der Waals surface area (Å²) in [5.74, 6) is -3.68. The smallest absolute Gasteiger partial charge is 0.329 e. The number of imide groups is 1. The number of ether oxygens (including phenoxy) is 1. The lowest BCUT2D eigenvalue weighted by atomic mass is 9.55. The second-order valence-corrected chi connectivity index (χ2v) is 12.4. The number of anilines is 1. The van der Waals surface area contributed by atoms with Crippen LogP contribution in [0.25, 0.3) is 0 Å². The monoisotopic (exact) mass is 648 g/mol. The molecule has 1 heterocycles. The highest BCUT2D eigenvalue weighted by Crippen LogP contribution is 2.61. The summed E-state index contributed by atoms with van der Waals surface area (Å²) in [6.45, 7) is 3.19. The van der Waals surface area contributed by atoms with Crippen molar-refractivity contribution in [3.8, 4) is 0 Å². The summed E-state index contributed by atoms with van der Waals surface area (Å²) in [6, 6.07) is 18.3. The van der Waals surface area contributed by atoms with Gasteiger partial charge in [0.05, 0.1) is 16.9 Å². The fourth-order valence-corrected chi connectivity index (χ4v) is 7.56. The van der Waals surface area contributed by atoms with Crippen LogP contribution in [0.3, 0.4) is 0 Å². The Bertz CT molecular complexity index is 1510. The van der Waals surface area contributed by atoms with Crippen molar-refractivity contribution < 1.29 is 23.9 Å². The number of likely N-dealkylation sites (tertiary alicyclic amines) is 1. The van der Waals surface area contributed by atoms with Crippen LogP contribution in [0.2, 0.25) is 5.02 Å². The van der Waals surface area contributed by atoms with Crippen molar-refractivity contribution in [3.05, 3.63) is 98.0 Å². The Kier molecular flexibility index (Phi) is 7.70. The number of nitrogens with zero attached hydrogens (tertiary/aromatic N) is 1. The molecule has 216 valence electrons. The molecule has 2 bridgehead atoms. The van der Waals surface area contributed by atoms with Gasteiger partial charge in [0.2, 0.25) is 11.8 Å². The van der Waals surface area contributed by atoms with E-state index in [1.807, 2.05) is 55.5 Å². The van der Waals surface area contributed by atoms with Gasteiger partial charge in [-0.15, -0.1) is 0 Å². The molecule has 3 aromatic carbocycles. The van der Waals surface area contributed by atoms with E-state index in [0.717, 1.165) is 33.6 Å². The highest BCUT2D eigenvalue weighted by Gasteiger charge is 2.63. The lowest BCUT2D eigenvalue weighted by Crippen LogP contribution is -2.47. The third kappa shape index (κ3) is 4.56. The maximum Gasteiger partial charge on any atom is 0.329 e. The molecule has 0 aromatic heterocycles. The van der Waals surface area contributed by atoms with Crippen molar-refractivity contribution in [2.45, 2.75) is 51.0 Å². The zero-order valence-corrected chi connectivity index (χ0v) is 25.6. The van der Waals surface area contributed by atoms with Crippen LogP contribution in [-0.2, 0) is 23.9 Å². The van der Waals surface area contributed by atoms with Crippen molar-refractivity contribution in [2.75, 3.05) is 11.9 Å². The van der Waals surface area contributed by atoms with Gasteiger partial charge in [0.25, 0.3) is 5.91 Å². The number of rotatable bonds is 8. The minimum atomic E-state index is -1.10. The fraction of sp³-hybridized carbons (Fsp3) is 0.333. The molecule has 0 spiro atoms. The molecule has 1 fully saturated rings. The zero-order valence-electron chi connectivity index (χ0n) is 23.2. The number of amides is 3. The van der Waals surface area contributed by atoms with Gasteiger partial charge in [0.15, 0.2) is 6.61 Å². The summed E-state index contributed by atoms with van der Waals surface area (Å²) in [4.78, 5) is 55.7. The number of unbranched alkanes of at least 4 members (excludes halogenated alkanes) is 1. The van der Waals surface area contributed by atoms with Crippen LogP contribution >= 0.6 is 27.5 Å². The third-order valence-corrected chi connectivity index (χ3v) is 10.2. The first-order chi connectivity index (χ1) is 20.2. The molecule has 1 N–H and O–H groups in total. The molecular formula is C33H30BrClN2O5. The molecule has 3 aliphatic carbocycles. The average molecular weight is 650 g/mol. The van der Waals surface area contributed by atoms with Crippen LogP contribution in [-0.4, -0.2) is 41.2 Å². The first-order valence-corrected chi connectivity index (χ1v) is 15.4. The highest BCUT2D eigenvalue weighted by molar-refractivity contribution is 9.10. The molecule has 4 aliphatic rings. The predicted octanol–water partition coefficient (Wildman–Crippen LogP) is 6.34. The Balaban J connectivity index is 1.25. The van der Waals surface area contributed by atoms with Crippen molar-refractivity contribution in [2.24, 2.45) is 11.8 Å². The van der Waals surface area contributed by atoms with E-state index in [9.17, 15) is 19.2 Å². The van der Waals surface area contributed by atoms with E-state index >= 15 is 0 Å². The standard InChI is InChI=1S/C33H30BrClN2O5/c1-3-4-13-24(33(41)42-16-25(38)36-23-15-14-22(34)30(35)17(23)2)37-31(39)28-26-18-9-5-6-10-19(18)27(29(28)32(37)40)21-12-8-7-11-20(21)26/h5-12,14-15,24,26-29H,3-4,13,16H2,1-2H3,(H,36,38)/t24-,26?,27?,28+,29+/m1/s1. The maximum atomic E-state index is 14.1. The number of hydrogen-bond acceptors (Lipinski definition) is 5. The lowest BCUT2D eigenvalue weighted by Gasteiger charge is -2.45. The first-order valence-electron chi connectivity index (χ1n) is 14.2. The summed E-state index contributed by atoms with van der Waals surface area (Å²) in [5.41, 5.74) is 5.43. The number of esters is 1. The maximum absolute atomic E-state index is 14.1. The van der Waals surface area contributed by atoms with Gasteiger partial charge in [-0.05, 0) is 69.2 Å². The highest BCUT2D eigenvalue weighted by atomic mass is 79.9. The number of halogens is 2. The predicted molar refractivity (Wildman–Crippen MR) is 162 cm³/mol. The van der Waals surface area contributed by atoms with E-state index < -0.39 is 36.4 Å². The molecule has 7 nitrogen and oxygen atoms in total. The third-order valence-electron chi connectivity index (χ3n) is 8.86. The summed E-state index contributed by atoms with van der Waals surface area (Å²) in [6.07, 6.45) is 1.64. The Morgan fingerprint density at radius 2 is 1.45 bits per heavy atom. The zero-order chi connectivity index (χ0) is 29.7. The first kappa shape index (κ1) is 28.6. The molecule has 3 aromatic rings. The van der Waals surface area contributed by atoms with E-state index in [2.05, 4.69) is 21.2 Å². The van der Waals surface area contributed by atoms with Gasteiger partial charge in [-0.1, -0.05) is 79.9 Å². The van der Waals surface area contributed by atoms with Crippen molar-refractivity contribution in [1.29, 1.82) is 0 Å². The molecule has 42 heavy (non-hydrogen) atoms. The SMILES string of the molecule is CCCC[C@H](C(=O)OCC(=O)Nc1ccc(Br)c(Cl)c1C)N1C(=O)[C@H]2C3c4ccccc4C(c4ccccc43)[C@@H]2C1=O. The second kappa shape index (κ2) is 11.3. The van der Waals surface area contributed by atoms with E-state index in [-0.39, 0.29) is 30.1 Å². The number of carbonyl (C=O) groups is 4. The van der Waals surface area contributed by atoms with Crippen molar-refractivity contribution in [3.63, 3.8) is 0 Å². The largest absolute Gasteiger partial charge is 0.454 e. The van der Waals surface area contributed by atoms with Gasteiger partial charge < -0.3 is 10.1 Å². The topological polar surface area (TPSA) is 92.8 Å². The van der Waals surface area contributed by atoms with Crippen LogP contribution in [0.5, 0.6) is 0 Å². The molecule has 1 aliphatic heterocycles. The van der Waals surface area contributed by atoms with Crippen molar-refractivity contribution >= 4 is 56.9 Å². The van der Waals surface area contributed by atoms with Crippen LogP contribution < -0.4 is 5.32 Å². The summed E-state index contributed by atoms with van der Waals surface area (Å²) >= 11 is 9.62. The van der Waals surface area contributed by atoms with Crippen LogP contribution in [0, 0.1) is 18.8 Å². The van der Waals surface area contributed by atoms with E-state index in [4.69, 9.17) is 16.3 Å². The molecule has 7 rings (SSSR count). The number of hydrogen-bond donors (Lipinski definition) is 1. The Morgan fingerprint density at radius 3 is 1.95 bits per heavy atom. The molecule has 0 radical (unpaired) electrons. The normalized spacial score (nSPS) is 22.3. The molecule has 3 amide bonds. The summed E-state index contributed by atoms with van der Waals surface area (Å²) < 4.78 is 6.14. The van der Waals surface area contributed by atoms with E-state index in [1.54, 1.807) is 19.1 Å². The molecule has 1 saturated heterocycles. The number of nitrogens with one attached hydrogen (secondary N) is 1. The molecular weight excluding hydrogens is 620 g/mol. The lowest BCUT2D eigenvalue weighted by molar-refractivity contribution is -0.160. The minimum Gasteiger partial charge on any atom is -0.454 e. The number of carbonyl (C=O) groups excluding carboxylic acids is 4. The van der Waals surface area contributed by atoms with Gasteiger partial charge in [-0.3, -0.25) is 19.3 Å². The van der Waals surface area contributed by atoms with Gasteiger partial charge in [0, 0.05) is 22.0 Å². The molecule has 0 saturated carbocycles. The van der Waals surface area contributed by atoms with E-state index in [1.165, 1.54) is 0 Å². The van der Waals surface area contributed by atoms with Gasteiger partial charge in [0.1, 0.15) is 6.04 Å².